The second-order valence-corrected chi connectivity index (χ2v) is 5.54. The number of rotatable bonds is 0. The molecule has 1 aromatic carbocycles. The van der Waals surface area contributed by atoms with Crippen molar-refractivity contribution >= 4 is 23.5 Å². The van der Waals surface area contributed by atoms with E-state index in [0.717, 1.165) is 0 Å². The fraction of sp³-hybridized carbons (Fsp3) is 0.400. The van der Waals surface area contributed by atoms with Gasteiger partial charge in [-0.15, -0.1) is 23.5 Å². The molecule has 1 aromatic rings. The van der Waals surface area contributed by atoms with Crippen LogP contribution >= 0.6 is 23.5 Å². The van der Waals surface area contributed by atoms with E-state index in [2.05, 4.69) is 12.1 Å². The number of fused-ring (bicyclic) bond motifs is 2. The van der Waals surface area contributed by atoms with Crippen LogP contribution in [0.1, 0.15) is 11.1 Å². The number of hydrogen-bond donors (Lipinski definition) is 0. The van der Waals surface area contributed by atoms with Crippen LogP contribution < -0.4 is 0 Å². The smallest absolute Gasteiger partial charge is 0.0116 e. The Hall–Kier alpha value is -0.0800. The first-order valence-corrected chi connectivity index (χ1v) is 6.32. The molecule has 0 saturated heterocycles. The van der Waals surface area contributed by atoms with Crippen LogP contribution in [0.25, 0.3) is 0 Å². The summed E-state index contributed by atoms with van der Waals surface area (Å²) in [5.41, 5.74) is 3.20. The minimum atomic E-state index is 1.29. The predicted molar refractivity (Wildman–Crippen MR) is 55.3 cm³/mol. The summed E-state index contributed by atoms with van der Waals surface area (Å²) < 4.78 is 0. The van der Waals surface area contributed by atoms with Crippen LogP contribution in [0.4, 0.5) is 0 Å². The highest BCUT2D eigenvalue weighted by Crippen LogP contribution is 2.39. The Kier molecular flexibility index (Phi) is 1.66. The quantitative estimate of drug-likeness (QED) is 0.622. The monoisotopic (exact) mass is 194 g/mol. The van der Waals surface area contributed by atoms with Crippen LogP contribution in [0, 0.1) is 0 Å². The highest BCUT2D eigenvalue weighted by Gasteiger charge is 2.18. The largest absolute Gasteiger partial charge is 0.125 e. The summed E-state index contributed by atoms with van der Waals surface area (Å²) in [4.78, 5) is 3.09. The zero-order valence-electron chi connectivity index (χ0n) is 6.80. The van der Waals surface area contributed by atoms with Crippen LogP contribution in [0.15, 0.2) is 21.9 Å². The molecule has 0 spiro atoms. The Balaban J connectivity index is 2.18. The van der Waals surface area contributed by atoms with Crippen molar-refractivity contribution in [1.29, 1.82) is 0 Å². The van der Waals surface area contributed by atoms with Gasteiger partial charge in [-0.1, -0.05) is 6.07 Å². The lowest BCUT2D eigenvalue weighted by Gasteiger charge is -2.02. The van der Waals surface area contributed by atoms with Crippen LogP contribution in [-0.2, 0) is 12.8 Å². The molecule has 0 aliphatic carbocycles. The summed E-state index contributed by atoms with van der Waals surface area (Å²) in [6.07, 6.45) is 2.58. The minimum Gasteiger partial charge on any atom is -0.125 e. The van der Waals surface area contributed by atoms with Crippen molar-refractivity contribution in [2.24, 2.45) is 0 Å². The van der Waals surface area contributed by atoms with Gasteiger partial charge in [-0.3, -0.25) is 0 Å². The predicted octanol–water partition coefficient (Wildman–Crippen LogP) is 2.98. The van der Waals surface area contributed by atoms with Gasteiger partial charge in [0.1, 0.15) is 0 Å². The lowest BCUT2D eigenvalue weighted by atomic mass is 10.1. The third kappa shape index (κ3) is 1.01. The van der Waals surface area contributed by atoms with E-state index in [1.807, 2.05) is 23.5 Å². The topological polar surface area (TPSA) is 0 Å². The van der Waals surface area contributed by atoms with Crippen molar-refractivity contribution in [1.82, 2.24) is 0 Å². The van der Waals surface area contributed by atoms with Crippen LogP contribution in [0.5, 0.6) is 0 Å². The first-order chi connectivity index (χ1) is 5.93. The fourth-order valence-electron chi connectivity index (χ4n) is 1.86. The normalized spacial score (nSPS) is 19.3. The number of benzene rings is 1. The Labute approximate surface area is 81.1 Å². The molecule has 0 aromatic heterocycles. The van der Waals surface area contributed by atoms with Crippen LogP contribution in [-0.4, -0.2) is 11.5 Å². The summed E-state index contributed by atoms with van der Waals surface area (Å²) in [6, 6.07) is 4.84. The highest BCUT2D eigenvalue weighted by molar-refractivity contribution is 8.00. The van der Waals surface area contributed by atoms with Crippen molar-refractivity contribution < 1.29 is 0 Å². The summed E-state index contributed by atoms with van der Waals surface area (Å²) in [7, 11) is 0. The van der Waals surface area contributed by atoms with Gasteiger partial charge in [0.2, 0.25) is 0 Å². The van der Waals surface area contributed by atoms with E-state index in [9.17, 15) is 0 Å². The van der Waals surface area contributed by atoms with Gasteiger partial charge in [0.05, 0.1) is 0 Å². The van der Waals surface area contributed by atoms with Gasteiger partial charge in [-0.05, 0) is 30.0 Å². The average Bonchev–Trinajstić information content (AvgIpc) is 2.64. The summed E-state index contributed by atoms with van der Waals surface area (Å²) in [5.74, 6) is 2.59. The molecule has 0 bridgehead atoms. The van der Waals surface area contributed by atoms with Crippen LogP contribution in [0.2, 0.25) is 0 Å². The SMILES string of the molecule is c1c2c(cc3c1CCS3)SCC2. The molecule has 2 heteroatoms. The van der Waals surface area contributed by atoms with Gasteiger partial charge in [0, 0.05) is 21.3 Å². The second kappa shape index (κ2) is 2.71. The third-order valence-corrected chi connectivity index (χ3v) is 4.70. The van der Waals surface area contributed by atoms with Crippen molar-refractivity contribution in [3.63, 3.8) is 0 Å². The summed E-state index contributed by atoms with van der Waals surface area (Å²) in [6.45, 7) is 0. The van der Waals surface area contributed by atoms with E-state index < -0.39 is 0 Å². The molecular weight excluding hydrogens is 184 g/mol. The molecule has 0 unspecified atom stereocenters. The zero-order chi connectivity index (χ0) is 7.97. The Bertz CT molecular complexity index is 271. The molecule has 0 radical (unpaired) electrons. The molecule has 2 aliphatic heterocycles. The number of thioether (sulfide) groups is 2. The second-order valence-electron chi connectivity index (χ2n) is 3.26. The molecule has 0 fully saturated rings. The first-order valence-electron chi connectivity index (χ1n) is 4.35. The molecule has 0 amide bonds. The lowest BCUT2D eigenvalue weighted by molar-refractivity contribution is 1.07. The van der Waals surface area contributed by atoms with Gasteiger partial charge in [-0.25, -0.2) is 0 Å². The molecule has 0 atom stereocenters. The highest BCUT2D eigenvalue weighted by atomic mass is 32.2. The molecule has 2 heterocycles. The van der Waals surface area contributed by atoms with Crippen molar-refractivity contribution in [2.75, 3.05) is 11.5 Å². The molecule has 2 aliphatic rings. The molecule has 0 saturated carbocycles. The first kappa shape index (κ1) is 7.34. The van der Waals surface area contributed by atoms with Gasteiger partial charge in [0.25, 0.3) is 0 Å². The third-order valence-electron chi connectivity index (χ3n) is 2.50. The average molecular weight is 194 g/mol. The molecule has 12 heavy (non-hydrogen) atoms. The van der Waals surface area contributed by atoms with E-state index in [4.69, 9.17) is 0 Å². The Morgan fingerprint density at radius 1 is 0.833 bits per heavy atom. The van der Waals surface area contributed by atoms with Crippen molar-refractivity contribution in [3.05, 3.63) is 23.3 Å². The number of aryl methyl sites for hydroxylation is 2. The van der Waals surface area contributed by atoms with Gasteiger partial charge < -0.3 is 0 Å². The molecule has 62 valence electrons. The molecule has 0 N–H and O–H groups in total. The number of hydrogen-bond acceptors (Lipinski definition) is 2. The standard InChI is InChI=1S/C10H10S2/c1-3-11-9-6-10-8(2-4-12-10)5-7(1)9/h5-6H,1-4H2. The molecule has 3 rings (SSSR count). The fourth-order valence-corrected chi connectivity index (χ4v) is 4.11. The van der Waals surface area contributed by atoms with Crippen molar-refractivity contribution in [3.8, 4) is 0 Å². The van der Waals surface area contributed by atoms with Gasteiger partial charge in [0.15, 0.2) is 0 Å². The summed E-state index contributed by atoms with van der Waals surface area (Å²) in [5, 5.41) is 0. The molecule has 0 nitrogen and oxygen atoms in total. The maximum Gasteiger partial charge on any atom is 0.0116 e. The lowest BCUT2D eigenvalue weighted by Crippen LogP contribution is -1.85. The van der Waals surface area contributed by atoms with Crippen LogP contribution in [0.3, 0.4) is 0 Å². The Morgan fingerprint density at radius 2 is 1.42 bits per heavy atom. The summed E-state index contributed by atoms with van der Waals surface area (Å²) >= 11 is 4.04. The van der Waals surface area contributed by atoms with E-state index in [0.29, 0.717) is 0 Å². The van der Waals surface area contributed by atoms with Gasteiger partial charge >= 0.3 is 0 Å². The Morgan fingerprint density at radius 3 is 2.00 bits per heavy atom. The van der Waals surface area contributed by atoms with E-state index in [1.165, 1.54) is 24.3 Å². The molecular formula is C10H10S2. The van der Waals surface area contributed by atoms with E-state index in [1.54, 1.807) is 20.9 Å². The maximum atomic E-state index is 2.44. The zero-order valence-corrected chi connectivity index (χ0v) is 8.43. The minimum absolute atomic E-state index is 1.29. The van der Waals surface area contributed by atoms with E-state index >= 15 is 0 Å². The van der Waals surface area contributed by atoms with Crippen molar-refractivity contribution in [2.45, 2.75) is 22.6 Å². The maximum absolute atomic E-state index is 2.44. The van der Waals surface area contributed by atoms with Gasteiger partial charge in [-0.2, -0.15) is 0 Å². The van der Waals surface area contributed by atoms with E-state index in [-0.39, 0.29) is 0 Å².